The molecule has 1 saturated heterocycles. The number of thioether (sulfide) groups is 1. The topological polar surface area (TPSA) is 58.5 Å². The number of rotatable bonds is 7. The first kappa shape index (κ1) is 20.6. The third-order valence-electron chi connectivity index (χ3n) is 3.18. The summed E-state index contributed by atoms with van der Waals surface area (Å²) in [6, 6.07) is 3.55. The first-order chi connectivity index (χ1) is 10.8. The summed E-state index contributed by atoms with van der Waals surface area (Å²) in [7, 11) is 0. The Morgan fingerprint density at radius 3 is 3.09 bits per heavy atom. The van der Waals surface area contributed by atoms with Crippen LogP contribution < -0.4 is 15.4 Å². The Labute approximate surface area is 164 Å². The fourth-order valence-electron chi connectivity index (χ4n) is 2.12. The van der Waals surface area contributed by atoms with Crippen LogP contribution in [0.2, 0.25) is 5.02 Å². The molecule has 0 radical (unpaired) electrons. The van der Waals surface area contributed by atoms with Gasteiger partial charge in [0.15, 0.2) is 5.96 Å². The van der Waals surface area contributed by atoms with Crippen LogP contribution in [0.15, 0.2) is 23.3 Å². The van der Waals surface area contributed by atoms with Gasteiger partial charge < -0.3 is 15.4 Å². The number of pyridine rings is 1. The molecule has 1 aliphatic heterocycles. The van der Waals surface area contributed by atoms with Gasteiger partial charge in [0, 0.05) is 18.0 Å². The van der Waals surface area contributed by atoms with Crippen LogP contribution in [0, 0.1) is 0 Å². The number of halogens is 2. The first-order valence-electron chi connectivity index (χ1n) is 7.66. The van der Waals surface area contributed by atoms with Crippen molar-refractivity contribution in [3.63, 3.8) is 0 Å². The highest BCUT2D eigenvalue weighted by Gasteiger charge is 2.14. The highest BCUT2D eigenvalue weighted by Crippen LogP contribution is 2.26. The Morgan fingerprint density at radius 1 is 1.52 bits per heavy atom. The van der Waals surface area contributed by atoms with E-state index in [0.717, 1.165) is 19.0 Å². The molecule has 0 saturated carbocycles. The van der Waals surface area contributed by atoms with Crippen molar-refractivity contribution in [1.29, 1.82) is 0 Å². The third-order valence-corrected chi connectivity index (χ3v) is 4.85. The van der Waals surface area contributed by atoms with E-state index in [1.54, 1.807) is 18.3 Å². The molecule has 2 rings (SSSR count). The third kappa shape index (κ3) is 7.80. The van der Waals surface area contributed by atoms with Crippen LogP contribution in [0.25, 0.3) is 0 Å². The summed E-state index contributed by atoms with van der Waals surface area (Å²) in [6.07, 6.45) is 4.25. The zero-order valence-electron chi connectivity index (χ0n) is 13.3. The predicted molar refractivity (Wildman–Crippen MR) is 110 cm³/mol. The lowest BCUT2D eigenvalue weighted by Crippen LogP contribution is -2.39. The molecule has 1 fully saturated rings. The van der Waals surface area contributed by atoms with Crippen molar-refractivity contribution in [2.75, 3.05) is 32.0 Å². The van der Waals surface area contributed by atoms with Gasteiger partial charge in [-0.1, -0.05) is 11.6 Å². The lowest BCUT2D eigenvalue weighted by atomic mass is 10.2. The Balaban J connectivity index is 0.00000264. The monoisotopic (exact) mass is 470 g/mol. The van der Waals surface area contributed by atoms with Crippen LogP contribution in [0.3, 0.4) is 0 Å². The Kier molecular flexibility index (Phi) is 10.8. The maximum atomic E-state index is 5.99. The highest BCUT2D eigenvalue weighted by atomic mass is 127. The zero-order valence-corrected chi connectivity index (χ0v) is 17.2. The standard InChI is InChI=1S/C15H23ClN4OS.HI/c1-2-17-15(20-11-12-5-4-10-22-12)19-8-9-21-14-13(16)6-3-7-18-14;/h3,6-7,12H,2,4-5,8-11H2,1H3,(H2,17,19,20);1H. The van der Waals surface area contributed by atoms with Gasteiger partial charge in [0.1, 0.15) is 11.6 Å². The fraction of sp³-hybridized carbons (Fsp3) is 0.600. The van der Waals surface area contributed by atoms with Crippen LogP contribution in [-0.2, 0) is 0 Å². The Bertz CT molecular complexity index is 486. The van der Waals surface area contributed by atoms with Gasteiger partial charge in [0.05, 0.1) is 13.1 Å². The van der Waals surface area contributed by atoms with E-state index in [2.05, 4.69) is 27.5 Å². The molecule has 0 spiro atoms. The van der Waals surface area contributed by atoms with Gasteiger partial charge in [-0.2, -0.15) is 11.8 Å². The number of nitrogens with zero attached hydrogens (tertiary/aromatic N) is 2. The lowest BCUT2D eigenvalue weighted by Gasteiger charge is -2.13. The van der Waals surface area contributed by atoms with Gasteiger partial charge in [-0.05, 0) is 37.7 Å². The van der Waals surface area contributed by atoms with E-state index < -0.39 is 0 Å². The Morgan fingerprint density at radius 2 is 2.39 bits per heavy atom. The molecule has 1 unspecified atom stereocenters. The van der Waals surface area contributed by atoms with Crippen molar-refractivity contribution in [2.24, 2.45) is 4.99 Å². The lowest BCUT2D eigenvalue weighted by molar-refractivity contribution is 0.310. The van der Waals surface area contributed by atoms with Crippen LogP contribution in [0.5, 0.6) is 5.88 Å². The number of hydrogen-bond donors (Lipinski definition) is 2. The number of hydrogen-bond acceptors (Lipinski definition) is 4. The van der Waals surface area contributed by atoms with E-state index in [4.69, 9.17) is 16.3 Å². The highest BCUT2D eigenvalue weighted by molar-refractivity contribution is 14.0. The summed E-state index contributed by atoms with van der Waals surface area (Å²) in [5.41, 5.74) is 0. The van der Waals surface area contributed by atoms with Crippen molar-refractivity contribution in [2.45, 2.75) is 25.0 Å². The first-order valence-corrected chi connectivity index (χ1v) is 9.09. The quantitative estimate of drug-likeness (QED) is 0.277. The maximum Gasteiger partial charge on any atom is 0.232 e. The summed E-state index contributed by atoms with van der Waals surface area (Å²) in [6.45, 7) is 4.91. The summed E-state index contributed by atoms with van der Waals surface area (Å²) in [5, 5.41) is 7.71. The van der Waals surface area contributed by atoms with Gasteiger partial charge in [0.2, 0.25) is 5.88 Å². The predicted octanol–water partition coefficient (Wildman–Crippen LogP) is 3.18. The summed E-state index contributed by atoms with van der Waals surface area (Å²) >= 11 is 8.01. The van der Waals surface area contributed by atoms with E-state index in [1.165, 1.54) is 18.6 Å². The average molecular weight is 471 g/mol. The van der Waals surface area contributed by atoms with Gasteiger partial charge in [0.25, 0.3) is 0 Å². The van der Waals surface area contributed by atoms with Crippen LogP contribution in [0.1, 0.15) is 19.8 Å². The minimum absolute atomic E-state index is 0. The van der Waals surface area contributed by atoms with Crippen molar-refractivity contribution < 1.29 is 4.74 Å². The normalized spacial score (nSPS) is 17.5. The Hall–Kier alpha value is -0.410. The molecule has 1 aromatic heterocycles. The zero-order chi connectivity index (χ0) is 15.6. The van der Waals surface area contributed by atoms with Gasteiger partial charge in [-0.15, -0.1) is 24.0 Å². The molecule has 0 aliphatic carbocycles. The summed E-state index contributed by atoms with van der Waals surface area (Å²) in [4.78, 5) is 8.72. The molecular formula is C15H24ClIN4OS. The van der Waals surface area contributed by atoms with E-state index in [9.17, 15) is 0 Å². The molecule has 23 heavy (non-hydrogen) atoms. The maximum absolute atomic E-state index is 5.99. The van der Waals surface area contributed by atoms with E-state index in [0.29, 0.717) is 29.3 Å². The van der Waals surface area contributed by atoms with Gasteiger partial charge >= 0.3 is 0 Å². The van der Waals surface area contributed by atoms with E-state index >= 15 is 0 Å². The molecule has 1 aliphatic rings. The van der Waals surface area contributed by atoms with Crippen molar-refractivity contribution in [1.82, 2.24) is 15.6 Å². The fourth-order valence-corrected chi connectivity index (χ4v) is 3.47. The van der Waals surface area contributed by atoms with E-state index in [1.807, 2.05) is 11.8 Å². The largest absolute Gasteiger partial charge is 0.475 e. The van der Waals surface area contributed by atoms with Crippen molar-refractivity contribution >= 4 is 53.3 Å². The molecule has 8 heteroatoms. The van der Waals surface area contributed by atoms with Crippen molar-refractivity contribution in [3.05, 3.63) is 23.4 Å². The number of ether oxygens (including phenoxy) is 1. The second kappa shape index (κ2) is 12.0. The number of nitrogens with one attached hydrogen (secondary N) is 2. The van der Waals surface area contributed by atoms with Crippen LogP contribution >= 0.6 is 47.3 Å². The molecular weight excluding hydrogens is 447 g/mol. The van der Waals surface area contributed by atoms with Gasteiger partial charge in [-0.3, -0.25) is 4.99 Å². The minimum atomic E-state index is 0. The van der Waals surface area contributed by atoms with Crippen LogP contribution in [-0.4, -0.2) is 48.2 Å². The smallest absolute Gasteiger partial charge is 0.232 e. The van der Waals surface area contributed by atoms with E-state index in [-0.39, 0.29) is 24.0 Å². The molecule has 2 heterocycles. The summed E-state index contributed by atoms with van der Waals surface area (Å²) in [5.74, 6) is 2.57. The SMILES string of the molecule is CCNC(=NCC1CCCS1)NCCOc1ncccc1Cl.I. The summed E-state index contributed by atoms with van der Waals surface area (Å²) < 4.78 is 5.55. The molecule has 5 nitrogen and oxygen atoms in total. The van der Waals surface area contributed by atoms with Crippen molar-refractivity contribution in [3.8, 4) is 5.88 Å². The molecule has 1 atom stereocenters. The second-order valence-electron chi connectivity index (χ2n) is 4.92. The number of aromatic nitrogens is 1. The molecule has 0 amide bonds. The molecule has 0 aromatic carbocycles. The number of aliphatic imine (C=N–C) groups is 1. The molecule has 2 N–H and O–H groups in total. The second-order valence-corrected chi connectivity index (χ2v) is 6.74. The van der Waals surface area contributed by atoms with Crippen LogP contribution in [0.4, 0.5) is 0 Å². The average Bonchev–Trinajstić information content (AvgIpc) is 3.04. The molecule has 0 bridgehead atoms. The van der Waals surface area contributed by atoms with Gasteiger partial charge in [-0.25, -0.2) is 4.98 Å². The minimum Gasteiger partial charge on any atom is -0.475 e. The molecule has 130 valence electrons. The number of guanidine groups is 1. The molecule has 1 aromatic rings.